The third-order valence-electron chi connectivity index (χ3n) is 1.51. The van der Waals surface area contributed by atoms with Crippen molar-refractivity contribution in [1.82, 2.24) is 0 Å². The third kappa shape index (κ3) is 2.30. The van der Waals surface area contributed by atoms with E-state index in [0.29, 0.717) is 13.2 Å². The fraction of sp³-hybridized carbons (Fsp3) is 0.556. The standard InChI is InChI=1S/C9H14O4/c1-3-12-9(10,13-4-2)8-6-5-7-11-8/h5-7,10H,3-4H2,1-2H3. The molecule has 13 heavy (non-hydrogen) atoms. The average molecular weight is 186 g/mol. The average Bonchev–Trinajstić information content (AvgIpc) is 2.57. The highest BCUT2D eigenvalue weighted by molar-refractivity contribution is 5.02. The number of rotatable bonds is 5. The van der Waals surface area contributed by atoms with Gasteiger partial charge < -0.3 is 19.0 Å². The molecule has 0 aromatic carbocycles. The van der Waals surface area contributed by atoms with Crippen LogP contribution in [0.4, 0.5) is 0 Å². The van der Waals surface area contributed by atoms with E-state index in [-0.39, 0.29) is 5.76 Å². The molecule has 0 aliphatic carbocycles. The van der Waals surface area contributed by atoms with Gasteiger partial charge >= 0.3 is 5.97 Å². The van der Waals surface area contributed by atoms with Crippen LogP contribution in [0.3, 0.4) is 0 Å². The molecule has 0 aliphatic rings. The van der Waals surface area contributed by atoms with Gasteiger partial charge in [0.05, 0.1) is 19.5 Å². The van der Waals surface area contributed by atoms with E-state index in [1.165, 1.54) is 6.26 Å². The maximum Gasteiger partial charge on any atom is 0.343 e. The van der Waals surface area contributed by atoms with E-state index in [4.69, 9.17) is 13.9 Å². The van der Waals surface area contributed by atoms with Crippen LogP contribution in [0.25, 0.3) is 0 Å². The van der Waals surface area contributed by atoms with Crippen molar-refractivity contribution in [2.45, 2.75) is 19.8 Å². The van der Waals surface area contributed by atoms with Crippen molar-refractivity contribution in [1.29, 1.82) is 0 Å². The number of aliphatic hydroxyl groups is 1. The predicted molar refractivity (Wildman–Crippen MR) is 45.9 cm³/mol. The Bertz CT molecular complexity index is 224. The van der Waals surface area contributed by atoms with Crippen molar-refractivity contribution in [2.75, 3.05) is 13.2 Å². The largest absolute Gasteiger partial charge is 0.461 e. The highest BCUT2D eigenvalue weighted by atomic mass is 16.8. The number of ether oxygens (including phenoxy) is 2. The summed E-state index contributed by atoms with van der Waals surface area (Å²) in [5.41, 5.74) is 0. The van der Waals surface area contributed by atoms with Gasteiger partial charge in [-0.2, -0.15) is 0 Å². The minimum Gasteiger partial charge on any atom is -0.461 e. The SMILES string of the molecule is CCOC(O)(OCC)c1ccco1. The quantitative estimate of drug-likeness (QED) is 0.707. The molecule has 0 amide bonds. The Hall–Kier alpha value is -0.840. The Balaban J connectivity index is 2.78. The van der Waals surface area contributed by atoms with Crippen LogP contribution in [0.15, 0.2) is 22.8 Å². The van der Waals surface area contributed by atoms with Crippen LogP contribution in [-0.2, 0) is 15.4 Å². The van der Waals surface area contributed by atoms with Crippen molar-refractivity contribution in [3.8, 4) is 0 Å². The predicted octanol–water partition coefficient (Wildman–Crippen LogP) is 1.46. The molecule has 0 fully saturated rings. The molecule has 0 spiro atoms. The molecule has 1 aromatic rings. The Kier molecular flexibility index (Phi) is 3.48. The van der Waals surface area contributed by atoms with Gasteiger partial charge in [-0.1, -0.05) is 0 Å². The Labute approximate surface area is 77.1 Å². The zero-order valence-electron chi connectivity index (χ0n) is 7.82. The molecule has 1 rings (SSSR count). The second kappa shape index (κ2) is 4.41. The van der Waals surface area contributed by atoms with Gasteiger partial charge in [0.15, 0.2) is 5.76 Å². The summed E-state index contributed by atoms with van der Waals surface area (Å²) in [7, 11) is 0. The van der Waals surface area contributed by atoms with Crippen molar-refractivity contribution >= 4 is 0 Å². The normalized spacial score (nSPS) is 11.9. The highest BCUT2D eigenvalue weighted by Gasteiger charge is 2.34. The number of hydrogen-bond acceptors (Lipinski definition) is 4. The molecule has 4 heteroatoms. The first-order chi connectivity index (χ1) is 6.23. The van der Waals surface area contributed by atoms with Crippen LogP contribution in [0.2, 0.25) is 0 Å². The molecule has 0 aliphatic heterocycles. The minimum atomic E-state index is -1.74. The van der Waals surface area contributed by atoms with Crippen LogP contribution < -0.4 is 0 Å². The van der Waals surface area contributed by atoms with E-state index in [2.05, 4.69) is 0 Å². The fourth-order valence-corrected chi connectivity index (χ4v) is 1.03. The minimum absolute atomic E-state index is 0.260. The smallest absolute Gasteiger partial charge is 0.343 e. The zero-order chi connectivity index (χ0) is 9.73. The lowest BCUT2D eigenvalue weighted by atomic mass is 10.4. The Morgan fingerprint density at radius 3 is 2.38 bits per heavy atom. The molecule has 1 N–H and O–H groups in total. The first kappa shape index (κ1) is 10.2. The van der Waals surface area contributed by atoms with E-state index >= 15 is 0 Å². The van der Waals surface area contributed by atoms with Gasteiger partial charge in [0.1, 0.15) is 0 Å². The lowest BCUT2D eigenvalue weighted by Gasteiger charge is -2.24. The molecule has 0 atom stereocenters. The molecule has 74 valence electrons. The van der Waals surface area contributed by atoms with Gasteiger partial charge in [0, 0.05) is 0 Å². The lowest BCUT2D eigenvalue weighted by Crippen LogP contribution is -2.32. The van der Waals surface area contributed by atoms with Gasteiger partial charge in [0.25, 0.3) is 0 Å². The van der Waals surface area contributed by atoms with Crippen LogP contribution >= 0.6 is 0 Å². The van der Waals surface area contributed by atoms with Crippen LogP contribution in [0.5, 0.6) is 0 Å². The first-order valence-corrected chi connectivity index (χ1v) is 4.27. The Morgan fingerprint density at radius 1 is 1.38 bits per heavy atom. The first-order valence-electron chi connectivity index (χ1n) is 4.27. The van der Waals surface area contributed by atoms with Gasteiger partial charge in [-0.05, 0) is 26.0 Å². The Morgan fingerprint density at radius 2 is 2.00 bits per heavy atom. The summed E-state index contributed by atoms with van der Waals surface area (Å²) in [5.74, 6) is -1.48. The van der Waals surface area contributed by atoms with E-state index in [9.17, 15) is 5.11 Å². The van der Waals surface area contributed by atoms with Crippen LogP contribution in [0, 0.1) is 0 Å². The molecular formula is C9H14O4. The van der Waals surface area contributed by atoms with E-state index in [0.717, 1.165) is 0 Å². The van der Waals surface area contributed by atoms with Gasteiger partial charge in [-0.25, -0.2) is 0 Å². The summed E-state index contributed by atoms with van der Waals surface area (Å²) in [6.45, 7) is 4.23. The molecule has 4 nitrogen and oxygen atoms in total. The second-order valence-corrected chi connectivity index (χ2v) is 2.43. The molecule has 0 radical (unpaired) electrons. The van der Waals surface area contributed by atoms with Gasteiger partial charge in [-0.3, -0.25) is 0 Å². The monoisotopic (exact) mass is 186 g/mol. The summed E-state index contributed by atoms with van der Waals surface area (Å²) in [5, 5.41) is 9.83. The van der Waals surface area contributed by atoms with E-state index < -0.39 is 5.97 Å². The molecule has 0 saturated heterocycles. The fourth-order valence-electron chi connectivity index (χ4n) is 1.03. The third-order valence-corrected chi connectivity index (χ3v) is 1.51. The molecule has 0 unspecified atom stereocenters. The lowest BCUT2D eigenvalue weighted by molar-refractivity contribution is -0.378. The summed E-state index contributed by atoms with van der Waals surface area (Å²) in [6, 6.07) is 3.27. The molecule has 0 bridgehead atoms. The van der Waals surface area contributed by atoms with Crippen molar-refractivity contribution < 1.29 is 19.0 Å². The summed E-state index contributed by atoms with van der Waals surface area (Å²) < 4.78 is 15.1. The van der Waals surface area contributed by atoms with Crippen molar-refractivity contribution in [3.05, 3.63) is 24.2 Å². The summed E-state index contributed by atoms with van der Waals surface area (Å²) in [4.78, 5) is 0. The summed E-state index contributed by atoms with van der Waals surface area (Å²) >= 11 is 0. The van der Waals surface area contributed by atoms with E-state index in [1.807, 2.05) is 0 Å². The van der Waals surface area contributed by atoms with Crippen LogP contribution in [0.1, 0.15) is 19.6 Å². The zero-order valence-corrected chi connectivity index (χ0v) is 7.82. The summed E-state index contributed by atoms with van der Waals surface area (Å²) in [6.07, 6.45) is 1.46. The topological polar surface area (TPSA) is 51.8 Å². The molecule has 0 saturated carbocycles. The maximum atomic E-state index is 9.83. The highest BCUT2D eigenvalue weighted by Crippen LogP contribution is 2.24. The second-order valence-electron chi connectivity index (χ2n) is 2.43. The van der Waals surface area contributed by atoms with E-state index in [1.54, 1.807) is 26.0 Å². The molecule has 1 heterocycles. The maximum absolute atomic E-state index is 9.83. The number of hydrogen-bond donors (Lipinski definition) is 1. The van der Waals surface area contributed by atoms with Crippen molar-refractivity contribution in [2.24, 2.45) is 0 Å². The van der Waals surface area contributed by atoms with Crippen LogP contribution in [-0.4, -0.2) is 18.3 Å². The molecule has 1 aromatic heterocycles. The van der Waals surface area contributed by atoms with Crippen molar-refractivity contribution in [3.63, 3.8) is 0 Å². The molecular weight excluding hydrogens is 172 g/mol. The van der Waals surface area contributed by atoms with Gasteiger partial charge in [-0.15, -0.1) is 0 Å². The number of furan rings is 1. The van der Waals surface area contributed by atoms with Gasteiger partial charge in [0.2, 0.25) is 0 Å².